The first-order chi connectivity index (χ1) is 11.7. The number of amides is 1. The Kier molecular flexibility index (Phi) is 6.72. The Bertz CT molecular complexity index is 702. The van der Waals surface area contributed by atoms with E-state index in [0.717, 1.165) is 16.3 Å². The van der Waals surface area contributed by atoms with Crippen molar-refractivity contribution in [3.8, 4) is 5.75 Å². The number of nitrogens with one attached hydrogen (secondary N) is 1. The highest BCUT2D eigenvalue weighted by molar-refractivity contribution is 6.01. The zero-order valence-corrected chi connectivity index (χ0v) is 13.7. The van der Waals surface area contributed by atoms with E-state index in [0.29, 0.717) is 18.9 Å². The summed E-state index contributed by atoms with van der Waals surface area (Å²) in [6, 6.07) is 11.2. The number of aliphatic hydroxyl groups excluding tert-OH is 1. The summed E-state index contributed by atoms with van der Waals surface area (Å²) >= 11 is 0. The van der Waals surface area contributed by atoms with Gasteiger partial charge in [-0.1, -0.05) is 24.3 Å². The molecule has 24 heavy (non-hydrogen) atoms. The fourth-order valence-corrected chi connectivity index (χ4v) is 2.46. The van der Waals surface area contributed by atoms with Crippen LogP contribution < -0.4 is 4.74 Å². The van der Waals surface area contributed by atoms with E-state index < -0.39 is 0 Å². The molecule has 2 rings (SSSR count). The van der Waals surface area contributed by atoms with E-state index in [1.54, 1.807) is 19.2 Å². The van der Waals surface area contributed by atoms with Crippen LogP contribution in [0.25, 0.3) is 10.8 Å². The van der Waals surface area contributed by atoms with Gasteiger partial charge in [-0.15, -0.1) is 0 Å². The van der Waals surface area contributed by atoms with Crippen LogP contribution in [-0.4, -0.2) is 62.1 Å². The summed E-state index contributed by atoms with van der Waals surface area (Å²) in [5, 5.41) is 18.3. The van der Waals surface area contributed by atoms with Crippen molar-refractivity contribution in [3.63, 3.8) is 0 Å². The van der Waals surface area contributed by atoms with Gasteiger partial charge >= 0.3 is 0 Å². The molecule has 0 fully saturated rings. The number of methoxy groups -OCH3 is 1. The Balaban J connectivity index is 2.12. The lowest BCUT2D eigenvalue weighted by Crippen LogP contribution is -2.39. The van der Waals surface area contributed by atoms with Gasteiger partial charge in [-0.2, -0.15) is 0 Å². The number of carbonyl (C=O) groups excluding carboxylic acids is 1. The molecule has 0 aliphatic carbocycles. The highest BCUT2D eigenvalue weighted by Crippen LogP contribution is 2.27. The van der Waals surface area contributed by atoms with Crippen LogP contribution in [0.15, 0.2) is 36.4 Å². The first-order valence-electron chi connectivity index (χ1n) is 7.74. The minimum atomic E-state index is -0.207. The molecule has 6 heteroatoms. The van der Waals surface area contributed by atoms with Crippen molar-refractivity contribution in [2.75, 3.05) is 40.0 Å². The van der Waals surface area contributed by atoms with Crippen molar-refractivity contribution in [2.45, 2.75) is 0 Å². The monoisotopic (exact) mass is 330 g/mol. The molecule has 0 radical (unpaired) electrons. The molecule has 2 aromatic carbocycles. The van der Waals surface area contributed by atoms with Crippen LogP contribution in [0, 0.1) is 5.41 Å². The summed E-state index contributed by atoms with van der Waals surface area (Å²) < 4.78 is 10.7. The van der Waals surface area contributed by atoms with Gasteiger partial charge in [0.2, 0.25) is 0 Å². The number of fused-ring (bicyclic) bond motifs is 1. The maximum Gasteiger partial charge on any atom is 0.260 e. The number of carbonyl (C=O) groups is 1. The van der Waals surface area contributed by atoms with Gasteiger partial charge in [-0.05, 0) is 17.5 Å². The van der Waals surface area contributed by atoms with E-state index in [-0.39, 0.29) is 25.7 Å². The Labute approximate surface area is 141 Å². The smallest absolute Gasteiger partial charge is 0.260 e. The quantitative estimate of drug-likeness (QED) is 0.685. The van der Waals surface area contributed by atoms with Crippen LogP contribution in [0.5, 0.6) is 5.75 Å². The Morgan fingerprint density at radius 3 is 2.62 bits per heavy atom. The van der Waals surface area contributed by atoms with Gasteiger partial charge in [-0.3, -0.25) is 4.79 Å². The van der Waals surface area contributed by atoms with Gasteiger partial charge < -0.3 is 24.9 Å². The molecule has 0 heterocycles. The number of nitrogens with zero attached hydrogens (tertiary/aromatic N) is 1. The first kappa shape index (κ1) is 17.9. The Hall–Kier alpha value is -2.44. The second-order valence-electron chi connectivity index (χ2n) is 5.23. The summed E-state index contributed by atoms with van der Waals surface area (Å²) in [5.74, 6) is 0.390. The zero-order valence-electron chi connectivity index (χ0n) is 13.7. The minimum Gasteiger partial charge on any atom is -0.483 e. The van der Waals surface area contributed by atoms with Crippen molar-refractivity contribution in [2.24, 2.45) is 0 Å². The molecule has 0 saturated heterocycles. The van der Waals surface area contributed by atoms with Crippen molar-refractivity contribution in [1.29, 1.82) is 5.41 Å². The van der Waals surface area contributed by atoms with Crippen LogP contribution in [0.2, 0.25) is 0 Å². The third kappa shape index (κ3) is 4.31. The third-order valence-electron chi connectivity index (χ3n) is 3.71. The fourth-order valence-electron chi connectivity index (χ4n) is 2.46. The van der Waals surface area contributed by atoms with Gasteiger partial charge in [0.05, 0.1) is 13.2 Å². The molecule has 1 amide bonds. The first-order valence-corrected chi connectivity index (χ1v) is 7.74. The molecule has 0 bridgehead atoms. The van der Waals surface area contributed by atoms with E-state index >= 15 is 0 Å². The molecule has 0 saturated carbocycles. The van der Waals surface area contributed by atoms with Gasteiger partial charge in [-0.25, -0.2) is 0 Å². The normalized spacial score (nSPS) is 10.6. The number of benzene rings is 2. The van der Waals surface area contributed by atoms with E-state index in [4.69, 9.17) is 20.0 Å². The lowest BCUT2D eigenvalue weighted by molar-refractivity contribution is -0.134. The van der Waals surface area contributed by atoms with Crippen LogP contribution in [0.4, 0.5) is 0 Å². The number of hydrogen-bond acceptors (Lipinski definition) is 5. The van der Waals surface area contributed by atoms with E-state index in [9.17, 15) is 4.79 Å². The number of rotatable bonds is 9. The average Bonchev–Trinajstić information content (AvgIpc) is 2.62. The van der Waals surface area contributed by atoms with Crippen LogP contribution in [0.3, 0.4) is 0 Å². The van der Waals surface area contributed by atoms with Gasteiger partial charge in [0.25, 0.3) is 5.91 Å². The molecule has 0 spiro atoms. The van der Waals surface area contributed by atoms with Crippen molar-refractivity contribution in [1.82, 2.24) is 4.90 Å². The predicted octanol–water partition coefficient (Wildman–Crippen LogP) is 1.68. The van der Waals surface area contributed by atoms with Gasteiger partial charge in [0.1, 0.15) is 5.75 Å². The third-order valence-corrected chi connectivity index (χ3v) is 3.71. The largest absolute Gasteiger partial charge is 0.483 e. The molecule has 0 atom stereocenters. The van der Waals surface area contributed by atoms with Crippen molar-refractivity contribution in [3.05, 3.63) is 42.0 Å². The van der Waals surface area contributed by atoms with Crippen molar-refractivity contribution >= 4 is 22.9 Å². The molecule has 2 N–H and O–H groups in total. The number of hydrogen-bond donors (Lipinski definition) is 2. The van der Waals surface area contributed by atoms with Gasteiger partial charge in [0.15, 0.2) is 6.61 Å². The molecular formula is C18H22N2O4. The molecule has 0 unspecified atom stereocenters. The van der Waals surface area contributed by atoms with Crippen LogP contribution >= 0.6 is 0 Å². The summed E-state index contributed by atoms with van der Waals surface area (Å²) in [6.45, 7) is 0.846. The maximum absolute atomic E-state index is 12.3. The summed E-state index contributed by atoms with van der Waals surface area (Å²) in [5.41, 5.74) is 0.797. The highest BCUT2D eigenvalue weighted by Gasteiger charge is 2.14. The van der Waals surface area contributed by atoms with Crippen LogP contribution in [-0.2, 0) is 9.53 Å². The topological polar surface area (TPSA) is 82.8 Å². The predicted molar refractivity (Wildman–Crippen MR) is 92.9 cm³/mol. The highest BCUT2D eigenvalue weighted by atomic mass is 16.5. The standard InChI is InChI=1S/C18H22N2O4/c1-23-11-9-20(8-10-21)18(22)13-24-17-7-6-14(12-19)15-4-2-3-5-16(15)17/h2-7,12,19,21H,8-11,13H2,1H3. The van der Waals surface area contributed by atoms with Crippen LogP contribution in [0.1, 0.15) is 5.56 Å². The summed E-state index contributed by atoms with van der Waals surface area (Å²) in [6.07, 6.45) is 1.30. The average molecular weight is 330 g/mol. The van der Waals surface area contributed by atoms with E-state index in [2.05, 4.69) is 0 Å². The van der Waals surface area contributed by atoms with E-state index in [1.807, 2.05) is 24.3 Å². The minimum absolute atomic E-state index is 0.105. The van der Waals surface area contributed by atoms with Gasteiger partial charge in [0, 0.05) is 37.4 Å². The number of aliphatic hydroxyl groups is 1. The number of ether oxygens (including phenoxy) is 2. The molecule has 6 nitrogen and oxygen atoms in total. The second kappa shape index (κ2) is 9.00. The fraction of sp³-hybridized carbons (Fsp3) is 0.333. The Morgan fingerprint density at radius 2 is 1.96 bits per heavy atom. The lowest BCUT2D eigenvalue weighted by Gasteiger charge is -2.21. The lowest BCUT2D eigenvalue weighted by atomic mass is 10.0. The molecule has 0 aliphatic heterocycles. The molecule has 128 valence electrons. The summed E-state index contributed by atoms with van der Waals surface area (Å²) in [7, 11) is 1.56. The molecule has 0 aliphatic rings. The zero-order chi connectivity index (χ0) is 17.4. The Morgan fingerprint density at radius 1 is 1.21 bits per heavy atom. The summed E-state index contributed by atoms with van der Waals surface area (Å²) in [4.78, 5) is 13.8. The SMILES string of the molecule is COCCN(CCO)C(=O)COc1ccc(C=N)c2ccccc12. The molecule has 2 aromatic rings. The van der Waals surface area contributed by atoms with E-state index in [1.165, 1.54) is 11.1 Å². The maximum atomic E-state index is 12.3. The van der Waals surface area contributed by atoms with Crippen molar-refractivity contribution < 1.29 is 19.4 Å². The molecular weight excluding hydrogens is 308 g/mol. The molecule has 0 aromatic heterocycles. The second-order valence-corrected chi connectivity index (χ2v) is 5.23.